The van der Waals surface area contributed by atoms with Crippen molar-refractivity contribution < 1.29 is 28.6 Å². The lowest BCUT2D eigenvalue weighted by atomic mass is 10.2. The fourth-order valence-corrected chi connectivity index (χ4v) is 3.66. The maximum Gasteiger partial charge on any atom is 0.303 e. The van der Waals surface area contributed by atoms with E-state index in [0.29, 0.717) is 28.6 Å². The van der Waals surface area contributed by atoms with Gasteiger partial charge in [0.1, 0.15) is 42.4 Å². The molecule has 1 aliphatic heterocycles. The molecule has 4 heterocycles. The molecule has 0 amide bonds. The number of hydrogen-bond donors (Lipinski definition) is 0. The summed E-state index contributed by atoms with van der Waals surface area (Å²) >= 11 is 0. The summed E-state index contributed by atoms with van der Waals surface area (Å²) in [5.41, 5.74) is 2.17. The monoisotopic (exact) mass is 453 g/mol. The van der Waals surface area contributed by atoms with E-state index < -0.39 is 30.4 Å². The zero-order valence-electron chi connectivity index (χ0n) is 17.7. The van der Waals surface area contributed by atoms with Crippen molar-refractivity contribution in [3.8, 4) is 5.88 Å². The van der Waals surface area contributed by atoms with E-state index in [0.717, 1.165) is 0 Å². The Hall–Kier alpha value is -4.13. The Bertz CT molecular complexity index is 1330. The molecule has 3 aromatic heterocycles. The fraction of sp³-hybridized carbons (Fsp3) is 0.350. The lowest BCUT2D eigenvalue weighted by molar-refractivity contribution is -0.155. The summed E-state index contributed by atoms with van der Waals surface area (Å²) in [6.07, 6.45) is 1.42. The highest BCUT2D eigenvalue weighted by molar-refractivity contribution is 5.77. The van der Waals surface area contributed by atoms with Gasteiger partial charge in [-0.15, -0.1) is 5.10 Å². The number of para-hydroxylation sites is 1. The standard InChI is InChI=1S/C20H19N7O6/c1-11(28)30-8-16-15(31-12(2)29)7-17(32-16)26-10-23-18-19(26)21-9-22-20(18)33-27-14-6-4-3-5-13(14)24-25-27/h3-6,9-10,15-17H,7-8H2,1-2H3/t15-,16+,17+/m0/s1. The topological polar surface area (TPSA) is 145 Å². The summed E-state index contributed by atoms with van der Waals surface area (Å²) in [5, 5.41) is 8.05. The Balaban J connectivity index is 1.42. The number of hydrogen-bond acceptors (Lipinski definition) is 11. The molecule has 1 aliphatic rings. The van der Waals surface area contributed by atoms with E-state index >= 15 is 0 Å². The lowest BCUT2D eigenvalue weighted by Gasteiger charge is -2.17. The van der Waals surface area contributed by atoms with Gasteiger partial charge >= 0.3 is 11.9 Å². The second-order valence-corrected chi connectivity index (χ2v) is 7.36. The predicted molar refractivity (Wildman–Crippen MR) is 110 cm³/mol. The zero-order valence-corrected chi connectivity index (χ0v) is 17.7. The second kappa shape index (κ2) is 8.43. The van der Waals surface area contributed by atoms with Crippen LogP contribution < -0.4 is 4.84 Å². The summed E-state index contributed by atoms with van der Waals surface area (Å²) in [6, 6.07) is 7.33. The Labute approximate surface area is 186 Å². The van der Waals surface area contributed by atoms with Crippen LogP contribution in [0.25, 0.3) is 22.2 Å². The van der Waals surface area contributed by atoms with Gasteiger partial charge in [0, 0.05) is 20.3 Å². The summed E-state index contributed by atoms with van der Waals surface area (Å²) in [4.78, 5) is 42.7. The predicted octanol–water partition coefficient (Wildman–Crippen LogP) is 1.20. The average Bonchev–Trinajstić information content (AvgIpc) is 3.49. The van der Waals surface area contributed by atoms with Gasteiger partial charge in [0.25, 0.3) is 5.88 Å². The molecule has 4 aromatic rings. The van der Waals surface area contributed by atoms with Crippen molar-refractivity contribution in [3.05, 3.63) is 36.9 Å². The van der Waals surface area contributed by atoms with Gasteiger partial charge in [-0.3, -0.25) is 14.2 Å². The Kier molecular flexibility index (Phi) is 5.30. The van der Waals surface area contributed by atoms with Crippen LogP contribution in [0.4, 0.5) is 0 Å². The molecule has 13 nitrogen and oxygen atoms in total. The summed E-state index contributed by atoms with van der Waals surface area (Å²) in [7, 11) is 0. The van der Waals surface area contributed by atoms with E-state index in [1.807, 2.05) is 24.3 Å². The number of benzene rings is 1. The van der Waals surface area contributed by atoms with Gasteiger partial charge in [-0.05, 0) is 17.3 Å². The number of imidazole rings is 1. The number of carbonyl (C=O) groups is 2. The molecule has 5 rings (SSSR count). The SMILES string of the molecule is CC(=O)OC[C@H]1O[C@@H](n2cnc3c(On4nnc5ccccc54)ncnc32)C[C@@H]1OC(C)=O. The van der Waals surface area contributed by atoms with Crippen molar-refractivity contribution in [1.29, 1.82) is 0 Å². The molecule has 170 valence electrons. The molecule has 13 heteroatoms. The molecule has 33 heavy (non-hydrogen) atoms. The first-order valence-corrected chi connectivity index (χ1v) is 10.1. The van der Waals surface area contributed by atoms with Crippen LogP contribution in [0.15, 0.2) is 36.9 Å². The largest absolute Gasteiger partial charge is 0.463 e. The Morgan fingerprint density at radius 2 is 2.00 bits per heavy atom. The molecule has 0 spiro atoms. The molecular formula is C20H19N7O6. The number of esters is 2. The van der Waals surface area contributed by atoms with Crippen LogP contribution in [0, 0.1) is 0 Å². The number of ether oxygens (including phenoxy) is 3. The zero-order chi connectivity index (χ0) is 22.9. The first-order chi connectivity index (χ1) is 16.0. The maximum atomic E-state index is 11.5. The van der Waals surface area contributed by atoms with Crippen LogP contribution in [0.2, 0.25) is 0 Å². The molecule has 3 atom stereocenters. The van der Waals surface area contributed by atoms with Crippen molar-refractivity contribution >= 4 is 34.1 Å². The number of rotatable bonds is 6. The van der Waals surface area contributed by atoms with Gasteiger partial charge < -0.3 is 19.0 Å². The highest BCUT2D eigenvalue weighted by atomic mass is 16.7. The van der Waals surface area contributed by atoms with E-state index in [2.05, 4.69) is 25.3 Å². The highest BCUT2D eigenvalue weighted by Gasteiger charge is 2.40. The minimum atomic E-state index is -0.626. The van der Waals surface area contributed by atoms with Crippen molar-refractivity contribution in [2.45, 2.75) is 38.7 Å². The van der Waals surface area contributed by atoms with Crippen molar-refractivity contribution in [3.63, 3.8) is 0 Å². The minimum absolute atomic E-state index is 0.0425. The fourth-order valence-electron chi connectivity index (χ4n) is 3.66. The molecule has 0 bridgehead atoms. The third-order valence-electron chi connectivity index (χ3n) is 5.08. The lowest BCUT2D eigenvalue weighted by Crippen LogP contribution is -2.31. The molecule has 0 saturated carbocycles. The molecule has 0 radical (unpaired) electrons. The molecule has 1 aromatic carbocycles. The van der Waals surface area contributed by atoms with E-state index in [4.69, 9.17) is 19.0 Å². The highest BCUT2D eigenvalue weighted by Crippen LogP contribution is 2.34. The van der Waals surface area contributed by atoms with Gasteiger partial charge in [0.15, 0.2) is 11.2 Å². The van der Waals surface area contributed by atoms with Gasteiger partial charge in [0.05, 0.1) is 6.33 Å². The Morgan fingerprint density at radius 1 is 1.15 bits per heavy atom. The molecular weight excluding hydrogens is 434 g/mol. The normalized spacial score (nSPS) is 20.2. The van der Waals surface area contributed by atoms with E-state index in [1.54, 1.807) is 4.57 Å². The van der Waals surface area contributed by atoms with Crippen molar-refractivity contribution in [1.82, 2.24) is 34.7 Å². The third-order valence-corrected chi connectivity index (χ3v) is 5.08. The Morgan fingerprint density at radius 3 is 2.82 bits per heavy atom. The quantitative estimate of drug-likeness (QED) is 0.388. The van der Waals surface area contributed by atoms with Crippen molar-refractivity contribution in [2.24, 2.45) is 0 Å². The average molecular weight is 453 g/mol. The van der Waals surface area contributed by atoms with Gasteiger partial charge in [-0.2, -0.15) is 4.98 Å². The first-order valence-electron chi connectivity index (χ1n) is 10.1. The third kappa shape index (κ3) is 4.05. The van der Waals surface area contributed by atoms with Crippen LogP contribution in [0.1, 0.15) is 26.5 Å². The maximum absolute atomic E-state index is 11.5. The minimum Gasteiger partial charge on any atom is -0.463 e. The van der Waals surface area contributed by atoms with Crippen LogP contribution in [0.5, 0.6) is 5.88 Å². The number of aromatic nitrogens is 7. The van der Waals surface area contributed by atoms with E-state index in [-0.39, 0.29) is 12.5 Å². The van der Waals surface area contributed by atoms with E-state index in [9.17, 15) is 9.59 Å². The number of fused-ring (bicyclic) bond motifs is 2. The van der Waals surface area contributed by atoms with Gasteiger partial charge in [-0.1, -0.05) is 17.0 Å². The summed E-state index contributed by atoms with van der Waals surface area (Å²) < 4.78 is 18.1. The number of nitrogens with zero attached hydrogens (tertiary/aromatic N) is 7. The van der Waals surface area contributed by atoms with Gasteiger partial charge in [0.2, 0.25) is 0 Å². The van der Waals surface area contributed by atoms with Crippen LogP contribution in [-0.2, 0) is 23.8 Å². The molecule has 1 fully saturated rings. The van der Waals surface area contributed by atoms with Crippen molar-refractivity contribution in [2.75, 3.05) is 6.61 Å². The molecule has 0 unspecified atom stereocenters. The van der Waals surface area contributed by atoms with Gasteiger partial charge in [-0.25, -0.2) is 9.97 Å². The van der Waals surface area contributed by atoms with Crippen LogP contribution in [-0.4, -0.2) is 65.4 Å². The van der Waals surface area contributed by atoms with Crippen LogP contribution in [0.3, 0.4) is 0 Å². The summed E-state index contributed by atoms with van der Waals surface area (Å²) in [5.74, 6) is -0.724. The van der Waals surface area contributed by atoms with E-state index in [1.165, 1.54) is 31.3 Å². The smallest absolute Gasteiger partial charge is 0.303 e. The summed E-state index contributed by atoms with van der Waals surface area (Å²) in [6.45, 7) is 2.57. The number of carbonyl (C=O) groups excluding carboxylic acids is 2. The molecule has 0 N–H and O–H groups in total. The van der Waals surface area contributed by atoms with Crippen LogP contribution >= 0.6 is 0 Å². The first kappa shape index (κ1) is 20.8. The second-order valence-electron chi connectivity index (χ2n) is 7.36. The molecule has 1 saturated heterocycles. The molecule has 0 aliphatic carbocycles.